The zero-order chi connectivity index (χ0) is 29.4. The fourth-order valence-electron chi connectivity index (χ4n) is 4.56. The van der Waals surface area contributed by atoms with Crippen LogP contribution in [0.2, 0.25) is 0 Å². The number of ether oxygens (including phenoxy) is 1. The molecule has 0 radical (unpaired) electrons. The number of pyridine rings is 1. The van der Waals surface area contributed by atoms with Crippen LogP contribution in [-0.4, -0.2) is 28.9 Å². The monoisotopic (exact) mass is 585 g/mol. The zero-order valence-corrected chi connectivity index (χ0v) is 22.8. The molecule has 0 bridgehead atoms. The van der Waals surface area contributed by atoms with Crippen molar-refractivity contribution >= 4 is 22.8 Å². The molecule has 42 heavy (non-hydrogen) atoms. The molecule has 12 heteroatoms. The Balaban J connectivity index is 1.29. The molecule has 0 aliphatic carbocycles. The lowest BCUT2D eigenvalue weighted by atomic mass is 10.0. The number of benzene rings is 2. The Hall–Kier alpha value is -5.23. The molecule has 4 aromatic heterocycles. The van der Waals surface area contributed by atoms with Gasteiger partial charge in [0.2, 0.25) is 0 Å². The second kappa shape index (κ2) is 11.0. The summed E-state index contributed by atoms with van der Waals surface area (Å²) in [6.45, 7) is 1.88. The molecule has 0 unspecified atom stereocenters. The number of carbonyl (C=O) groups excluding carboxylic acids is 1. The van der Waals surface area contributed by atoms with E-state index in [0.717, 1.165) is 27.8 Å². The number of ketones is 1. The van der Waals surface area contributed by atoms with E-state index in [2.05, 4.69) is 9.47 Å². The molecule has 4 heterocycles. The molecule has 0 aliphatic rings. The average Bonchev–Trinajstić information content (AvgIpc) is 3.68. The molecule has 0 aliphatic heterocycles. The van der Waals surface area contributed by atoms with Gasteiger partial charge in [-0.15, -0.1) is 0 Å². The summed E-state index contributed by atoms with van der Waals surface area (Å²) in [4.78, 5) is 39.4. The van der Waals surface area contributed by atoms with E-state index in [-0.39, 0.29) is 30.0 Å². The maximum Gasteiger partial charge on any atom is 0.335 e. The molecular weight excluding hydrogens is 564 g/mol. The molecule has 6 rings (SSSR count). The molecule has 0 saturated heterocycles. The third-order valence-electron chi connectivity index (χ3n) is 6.70. The number of rotatable bonds is 8. The Morgan fingerprint density at radius 1 is 0.976 bits per heavy atom. The van der Waals surface area contributed by atoms with Gasteiger partial charge in [0.05, 0.1) is 11.9 Å². The average molecular weight is 586 g/mol. The van der Waals surface area contributed by atoms with Crippen molar-refractivity contribution in [2.75, 3.05) is 0 Å². The molecule has 2 aromatic carbocycles. The highest BCUT2D eigenvalue weighted by atomic mass is 32.1. The molecular formula is C30H21F2N5O4S. The van der Waals surface area contributed by atoms with E-state index in [0.29, 0.717) is 16.8 Å². The second-order valence-corrected chi connectivity index (χ2v) is 10.0. The summed E-state index contributed by atoms with van der Waals surface area (Å²) in [5.41, 5.74) is 0.967. The Bertz CT molecular complexity index is 2070. The van der Waals surface area contributed by atoms with Gasteiger partial charge in [-0.2, -0.15) is 5.10 Å². The minimum absolute atomic E-state index is 0.0620. The minimum Gasteiger partial charge on any atom is -0.452 e. The Labute approximate surface area is 240 Å². The maximum absolute atomic E-state index is 15.2. The van der Waals surface area contributed by atoms with Gasteiger partial charge in [0, 0.05) is 48.1 Å². The Kier molecular flexibility index (Phi) is 7.05. The summed E-state index contributed by atoms with van der Waals surface area (Å²) in [5.74, 6) is -1.53. The fraction of sp³-hybridized carbons (Fsp3) is 0.100. The lowest BCUT2D eigenvalue weighted by molar-refractivity contribution is 0.0990. The number of Topliss-reactive ketones (excluding diaryl/α,β-unsaturated/α-hetero) is 1. The third-order valence-corrected chi connectivity index (χ3v) is 7.29. The smallest absolute Gasteiger partial charge is 0.335 e. The van der Waals surface area contributed by atoms with Gasteiger partial charge >= 0.3 is 5.69 Å². The van der Waals surface area contributed by atoms with Crippen LogP contribution in [0.15, 0.2) is 94.4 Å². The van der Waals surface area contributed by atoms with Crippen LogP contribution < -0.4 is 16.0 Å². The van der Waals surface area contributed by atoms with Crippen molar-refractivity contribution in [3.8, 4) is 28.3 Å². The van der Waals surface area contributed by atoms with E-state index in [1.807, 2.05) is 11.6 Å². The van der Waals surface area contributed by atoms with E-state index >= 15 is 4.39 Å². The number of carbonyl (C=O) groups is 1. The van der Waals surface area contributed by atoms with E-state index < -0.39 is 28.7 Å². The SMILES string of the molecule is CCn1cc(C(=O)Cc2ccc(Oc3cc(-c4cnsc4)cn4nccc34)c(F)c2)c(=O)n(-c2ccc(F)cc2)c1=O. The first-order valence-electron chi connectivity index (χ1n) is 12.8. The summed E-state index contributed by atoms with van der Waals surface area (Å²) < 4.78 is 42.4. The predicted molar refractivity (Wildman–Crippen MR) is 153 cm³/mol. The van der Waals surface area contributed by atoms with Crippen LogP contribution in [0.5, 0.6) is 11.5 Å². The number of nitrogens with zero attached hydrogens (tertiary/aromatic N) is 5. The van der Waals surface area contributed by atoms with Crippen molar-refractivity contribution in [1.29, 1.82) is 0 Å². The molecule has 0 fully saturated rings. The summed E-state index contributed by atoms with van der Waals surface area (Å²) in [5, 5.41) is 6.14. The van der Waals surface area contributed by atoms with Crippen molar-refractivity contribution in [1.82, 2.24) is 23.1 Å². The van der Waals surface area contributed by atoms with Crippen LogP contribution in [0.4, 0.5) is 8.78 Å². The quantitative estimate of drug-likeness (QED) is 0.225. The molecule has 210 valence electrons. The molecule has 0 atom stereocenters. The van der Waals surface area contributed by atoms with Crippen molar-refractivity contribution < 1.29 is 18.3 Å². The van der Waals surface area contributed by atoms with Crippen LogP contribution in [-0.2, 0) is 13.0 Å². The first-order chi connectivity index (χ1) is 20.3. The highest BCUT2D eigenvalue weighted by molar-refractivity contribution is 7.03. The number of hydrogen-bond acceptors (Lipinski definition) is 7. The van der Waals surface area contributed by atoms with Crippen LogP contribution >= 0.6 is 11.5 Å². The maximum atomic E-state index is 15.2. The van der Waals surface area contributed by atoms with Gasteiger partial charge < -0.3 is 4.74 Å². The minimum atomic E-state index is -0.840. The molecule has 0 amide bonds. The van der Waals surface area contributed by atoms with Crippen LogP contribution in [0.25, 0.3) is 22.3 Å². The summed E-state index contributed by atoms with van der Waals surface area (Å²) in [6, 6.07) is 12.4. The predicted octanol–water partition coefficient (Wildman–Crippen LogP) is 5.29. The fourth-order valence-corrected chi connectivity index (χ4v) is 5.10. The normalized spacial score (nSPS) is 11.2. The molecule has 9 nitrogen and oxygen atoms in total. The first-order valence-corrected chi connectivity index (χ1v) is 13.6. The van der Waals surface area contributed by atoms with Crippen molar-refractivity contribution in [2.45, 2.75) is 19.9 Å². The van der Waals surface area contributed by atoms with E-state index in [1.165, 1.54) is 52.6 Å². The third kappa shape index (κ3) is 5.03. The van der Waals surface area contributed by atoms with Gasteiger partial charge in [0.15, 0.2) is 23.1 Å². The van der Waals surface area contributed by atoms with E-state index in [9.17, 15) is 18.8 Å². The second-order valence-electron chi connectivity index (χ2n) is 9.36. The summed E-state index contributed by atoms with van der Waals surface area (Å²) in [7, 11) is 0. The topological polar surface area (TPSA) is 100 Å². The van der Waals surface area contributed by atoms with Gasteiger partial charge in [-0.05, 0) is 72.6 Å². The highest BCUT2D eigenvalue weighted by Crippen LogP contribution is 2.33. The number of halogens is 2. The molecule has 6 aromatic rings. The van der Waals surface area contributed by atoms with Crippen LogP contribution in [0.1, 0.15) is 22.8 Å². The number of aryl methyl sites for hydroxylation is 1. The van der Waals surface area contributed by atoms with Crippen molar-refractivity contribution in [3.05, 3.63) is 128 Å². The molecule has 0 N–H and O–H groups in total. The first kappa shape index (κ1) is 27.0. The summed E-state index contributed by atoms with van der Waals surface area (Å²) >= 11 is 1.30. The van der Waals surface area contributed by atoms with Gasteiger partial charge in [-0.3, -0.25) is 14.2 Å². The van der Waals surface area contributed by atoms with E-state index in [4.69, 9.17) is 4.74 Å². The number of aromatic nitrogens is 5. The standard InChI is InChI=1S/C30H21F2N5O4S/c1-2-35-16-23(29(39)37(30(35)40)22-6-4-21(31)5-7-22)26(38)12-18-3-8-27(24(32)11-18)41-28-13-19(20-14-34-42-17-20)15-36-25(28)9-10-33-36/h3-11,13-17H,2,12H2,1H3. The van der Waals surface area contributed by atoms with Gasteiger partial charge in [-0.25, -0.2) is 27.0 Å². The lowest BCUT2D eigenvalue weighted by Crippen LogP contribution is -2.41. The largest absolute Gasteiger partial charge is 0.452 e. The van der Waals surface area contributed by atoms with E-state index in [1.54, 1.807) is 36.0 Å². The number of hydrogen-bond donors (Lipinski definition) is 0. The van der Waals surface area contributed by atoms with Crippen LogP contribution in [0.3, 0.4) is 0 Å². The highest BCUT2D eigenvalue weighted by Gasteiger charge is 2.20. The molecule has 0 saturated carbocycles. The Morgan fingerprint density at radius 2 is 1.79 bits per heavy atom. The molecule has 0 spiro atoms. The van der Waals surface area contributed by atoms with Gasteiger partial charge in [0.1, 0.15) is 16.9 Å². The van der Waals surface area contributed by atoms with Gasteiger partial charge in [0.25, 0.3) is 5.56 Å². The van der Waals surface area contributed by atoms with Crippen molar-refractivity contribution in [3.63, 3.8) is 0 Å². The van der Waals surface area contributed by atoms with Gasteiger partial charge in [-0.1, -0.05) is 6.07 Å². The van der Waals surface area contributed by atoms with Crippen molar-refractivity contribution in [2.24, 2.45) is 0 Å². The summed E-state index contributed by atoms with van der Waals surface area (Å²) in [6.07, 6.45) is 6.04. The zero-order valence-electron chi connectivity index (χ0n) is 22.0. The number of fused-ring (bicyclic) bond motifs is 1. The van der Waals surface area contributed by atoms with Crippen LogP contribution in [0, 0.1) is 11.6 Å². The Morgan fingerprint density at radius 3 is 2.50 bits per heavy atom. The lowest BCUT2D eigenvalue weighted by Gasteiger charge is -2.12.